The molecule has 2 aromatic rings. The first-order valence-corrected chi connectivity index (χ1v) is 5.88. The molecule has 0 bridgehead atoms. The second-order valence-electron chi connectivity index (χ2n) is 4.36. The molecule has 1 aromatic carbocycles. The summed E-state index contributed by atoms with van der Waals surface area (Å²) in [5.74, 6) is 0. The van der Waals surface area contributed by atoms with Crippen LogP contribution in [0.3, 0.4) is 0 Å². The minimum Gasteiger partial charge on any atom is -0.293 e. The Morgan fingerprint density at radius 3 is 3.00 bits per heavy atom. The van der Waals surface area contributed by atoms with Crippen LogP contribution in [0.15, 0.2) is 36.7 Å². The summed E-state index contributed by atoms with van der Waals surface area (Å²) >= 11 is 0. The van der Waals surface area contributed by atoms with Crippen molar-refractivity contribution < 1.29 is 0 Å². The van der Waals surface area contributed by atoms with Crippen molar-refractivity contribution in [2.24, 2.45) is 0 Å². The van der Waals surface area contributed by atoms with Gasteiger partial charge in [0.2, 0.25) is 0 Å². The summed E-state index contributed by atoms with van der Waals surface area (Å²) in [6.45, 7) is 2.96. The maximum atomic E-state index is 4.33. The van der Waals surface area contributed by atoms with E-state index in [1.54, 1.807) is 6.33 Å². The van der Waals surface area contributed by atoms with E-state index in [0.717, 1.165) is 31.7 Å². The number of fused-ring (bicyclic) bond motifs is 1. The topological polar surface area (TPSA) is 29.0 Å². The fourth-order valence-electron chi connectivity index (χ4n) is 2.22. The largest absolute Gasteiger partial charge is 0.293 e. The van der Waals surface area contributed by atoms with Crippen molar-refractivity contribution in [3.05, 3.63) is 59.7 Å². The van der Waals surface area contributed by atoms with E-state index in [9.17, 15) is 0 Å². The summed E-state index contributed by atoms with van der Waals surface area (Å²) in [6, 6.07) is 10.6. The molecule has 0 atom stereocenters. The number of rotatable bonds is 2. The number of nitrogens with zero attached hydrogens (tertiary/aromatic N) is 3. The molecular formula is C14H14N3. The van der Waals surface area contributed by atoms with Gasteiger partial charge in [-0.2, -0.15) is 0 Å². The van der Waals surface area contributed by atoms with Crippen LogP contribution in [0, 0.1) is 6.20 Å². The molecule has 0 N–H and O–H groups in total. The van der Waals surface area contributed by atoms with Crippen LogP contribution >= 0.6 is 0 Å². The van der Waals surface area contributed by atoms with Crippen LogP contribution in [0.5, 0.6) is 0 Å². The van der Waals surface area contributed by atoms with Crippen molar-refractivity contribution >= 4 is 0 Å². The molecule has 0 saturated carbocycles. The average Bonchev–Trinajstić information content (AvgIpc) is 2.40. The van der Waals surface area contributed by atoms with Crippen molar-refractivity contribution in [3.8, 4) is 0 Å². The molecule has 0 saturated heterocycles. The van der Waals surface area contributed by atoms with E-state index < -0.39 is 0 Å². The van der Waals surface area contributed by atoms with Gasteiger partial charge in [0, 0.05) is 25.2 Å². The Kier molecular flexibility index (Phi) is 2.84. The molecule has 17 heavy (non-hydrogen) atoms. The maximum Gasteiger partial charge on any atom is 0.116 e. The van der Waals surface area contributed by atoms with Gasteiger partial charge in [-0.25, -0.2) is 9.97 Å². The van der Waals surface area contributed by atoms with E-state index in [2.05, 4.69) is 51.4 Å². The summed E-state index contributed by atoms with van der Waals surface area (Å²) in [7, 11) is 0. The molecule has 1 aliphatic heterocycles. The Balaban J connectivity index is 1.72. The molecule has 3 heteroatoms. The third-order valence-electron chi connectivity index (χ3n) is 3.12. The van der Waals surface area contributed by atoms with Gasteiger partial charge in [-0.3, -0.25) is 4.90 Å². The van der Waals surface area contributed by atoms with Gasteiger partial charge in [0.15, 0.2) is 0 Å². The molecule has 0 unspecified atom stereocenters. The van der Waals surface area contributed by atoms with Crippen molar-refractivity contribution in [2.45, 2.75) is 19.5 Å². The number of hydrogen-bond donors (Lipinski definition) is 0. The van der Waals surface area contributed by atoms with Crippen LogP contribution in [-0.4, -0.2) is 21.4 Å². The Labute approximate surface area is 101 Å². The van der Waals surface area contributed by atoms with Gasteiger partial charge < -0.3 is 0 Å². The van der Waals surface area contributed by atoms with Crippen molar-refractivity contribution in [2.75, 3.05) is 6.54 Å². The fraction of sp³-hybridized carbons (Fsp3) is 0.286. The molecule has 1 radical (unpaired) electrons. The Bertz CT molecular complexity index is 496. The zero-order valence-electron chi connectivity index (χ0n) is 9.63. The highest BCUT2D eigenvalue weighted by Crippen LogP contribution is 2.17. The first-order valence-electron chi connectivity index (χ1n) is 5.88. The molecule has 2 heterocycles. The first kappa shape index (κ1) is 10.4. The van der Waals surface area contributed by atoms with Crippen molar-refractivity contribution in [1.29, 1.82) is 0 Å². The van der Waals surface area contributed by atoms with E-state index in [1.807, 2.05) is 0 Å². The molecule has 0 spiro atoms. The van der Waals surface area contributed by atoms with Gasteiger partial charge in [0.25, 0.3) is 0 Å². The highest BCUT2D eigenvalue weighted by atomic mass is 15.1. The summed E-state index contributed by atoms with van der Waals surface area (Å²) < 4.78 is 0. The van der Waals surface area contributed by atoms with E-state index in [0.29, 0.717) is 0 Å². The van der Waals surface area contributed by atoms with Gasteiger partial charge in [-0.05, 0) is 12.0 Å². The first-order chi connectivity index (χ1) is 8.42. The van der Waals surface area contributed by atoms with Gasteiger partial charge in [-0.15, -0.1) is 0 Å². The third kappa shape index (κ3) is 2.34. The lowest BCUT2D eigenvalue weighted by molar-refractivity contribution is 0.241. The van der Waals surface area contributed by atoms with Gasteiger partial charge >= 0.3 is 0 Å². The zero-order chi connectivity index (χ0) is 11.5. The lowest BCUT2D eigenvalue weighted by atomic mass is 10.1. The second-order valence-corrected chi connectivity index (χ2v) is 4.36. The lowest BCUT2D eigenvalue weighted by Gasteiger charge is -2.27. The molecule has 0 aliphatic carbocycles. The lowest BCUT2D eigenvalue weighted by Crippen LogP contribution is -2.30. The van der Waals surface area contributed by atoms with Crippen LogP contribution in [0.25, 0.3) is 0 Å². The maximum absolute atomic E-state index is 4.33. The van der Waals surface area contributed by atoms with Crippen molar-refractivity contribution in [3.63, 3.8) is 0 Å². The van der Waals surface area contributed by atoms with Crippen LogP contribution in [-0.2, 0) is 19.5 Å². The molecule has 0 amide bonds. The van der Waals surface area contributed by atoms with Gasteiger partial charge in [-0.1, -0.05) is 30.3 Å². The van der Waals surface area contributed by atoms with E-state index in [-0.39, 0.29) is 0 Å². The quantitative estimate of drug-likeness (QED) is 0.779. The predicted molar refractivity (Wildman–Crippen MR) is 65.1 cm³/mol. The van der Waals surface area contributed by atoms with Crippen LogP contribution < -0.4 is 0 Å². The summed E-state index contributed by atoms with van der Waals surface area (Å²) in [6.07, 6.45) is 5.63. The third-order valence-corrected chi connectivity index (χ3v) is 3.12. The molecule has 3 rings (SSSR count). The molecule has 1 aromatic heterocycles. The normalized spacial score (nSPS) is 15.5. The average molecular weight is 224 g/mol. The molecule has 1 aliphatic rings. The number of aromatic nitrogens is 2. The Morgan fingerprint density at radius 2 is 2.12 bits per heavy atom. The smallest absolute Gasteiger partial charge is 0.116 e. The second kappa shape index (κ2) is 4.63. The Hall–Kier alpha value is -1.74. The van der Waals surface area contributed by atoms with Gasteiger partial charge in [0.1, 0.15) is 6.33 Å². The van der Waals surface area contributed by atoms with E-state index in [4.69, 9.17) is 0 Å². The molecule has 3 nitrogen and oxygen atoms in total. The highest BCUT2D eigenvalue weighted by molar-refractivity contribution is 5.19. The van der Waals surface area contributed by atoms with Crippen LogP contribution in [0.1, 0.15) is 16.8 Å². The van der Waals surface area contributed by atoms with E-state index in [1.165, 1.54) is 11.1 Å². The minimum absolute atomic E-state index is 0.906. The minimum atomic E-state index is 0.906. The monoisotopic (exact) mass is 224 g/mol. The predicted octanol–water partition coefficient (Wildman–Crippen LogP) is 1.84. The number of hydrogen-bond acceptors (Lipinski definition) is 3. The molecule has 0 fully saturated rings. The molecule has 85 valence electrons. The standard InChI is InChI=1S/C14H14N3/c1-2-4-12(5-3-1)9-17-7-6-13-8-15-11-16-14(13)10-17/h1-5,11H,6-7,9-10H2. The Morgan fingerprint density at radius 1 is 1.24 bits per heavy atom. The zero-order valence-corrected chi connectivity index (χ0v) is 9.63. The summed E-state index contributed by atoms with van der Waals surface area (Å²) in [5, 5.41) is 0. The van der Waals surface area contributed by atoms with Crippen LogP contribution in [0.2, 0.25) is 0 Å². The van der Waals surface area contributed by atoms with Crippen LogP contribution in [0.4, 0.5) is 0 Å². The summed E-state index contributed by atoms with van der Waals surface area (Å²) in [4.78, 5) is 10.7. The van der Waals surface area contributed by atoms with Crippen molar-refractivity contribution in [1.82, 2.24) is 14.9 Å². The fourth-order valence-corrected chi connectivity index (χ4v) is 2.22. The highest BCUT2D eigenvalue weighted by Gasteiger charge is 2.17. The van der Waals surface area contributed by atoms with E-state index >= 15 is 0 Å². The molecular weight excluding hydrogens is 210 g/mol. The SMILES string of the molecule is [c]1ncnc2c1CCN(Cc1ccccc1)C2. The van der Waals surface area contributed by atoms with Gasteiger partial charge in [0.05, 0.1) is 11.9 Å². The number of benzene rings is 1. The summed E-state index contributed by atoms with van der Waals surface area (Å²) in [5.41, 5.74) is 3.66.